The van der Waals surface area contributed by atoms with Gasteiger partial charge in [0.1, 0.15) is 5.92 Å². The first-order chi connectivity index (χ1) is 9.50. The van der Waals surface area contributed by atoms with Gasteiger partial charge in [0.05, 0.1) is 25.4 Å². The molecule has 0 aromatic rings. The van der Waals surface area contributed by atoms with Crippen LogP contribution in [0.2, 0.25) is 0 Å². The summed E-state index contributed by atoms with van der Waals surface area (Å²) >= 11 is 0. The Bertz CT molecular complexity index is 376. The van der Waals surface area contributed by atoms with Gasteiger partial charge in [0.15, 0.2) is 0 Å². The zero-order chi connectivity index (χ0) is 14.7. The molecule has 0 spiro atoms. The van der Waals surface area contributed by atoms with Gasteiger partial charge in [-0.2, -0.15) is 0 Å². The van der Waals surface area contributed by atoms with E-state index in [1.54, 1.807) is 7.05 Å². The largest absolute Gasteiger partial charge is 0.481 e. The lowest BCUT2D eigenvalue weighted by Gasteiger charge is -2.27. The second-order valence-corrected chi connectivity index (χ2v) is 5.47. The summed E-state index contributed by atoms with van der Waals surface area (Å²) in [7, 11) is 1.61. The van der Waals surface area contributed by atoms with Crippen LogP contribution in [0.25, 0.3) is 0 Å². The first kappa shape index (κ1) is 15.1. The number of carbonyl (C=O) groups excluding carboxylic acids is 1. The third-order valence-electron chi connectivity index (χ3n) is 4.23. The summed E-state index contributed by atoms with van der Waals surface area (Å²) in [6.45, 7) is 3.71. The number of ether oxygens (including phenoxy) is 2. The minimum absolute atomic E-state index is 0.155. The standard InChI is InChI=1S/C13H22N2O5/c1-8-9(3-4-20-8)5-14-13(18)15(2)11-7-19-6-10(11)12(16)17/h8-11H,3-7H2,1-2H3,(H,14,18)(H,16,17). The van der Waals surface area contributed by atoms with Gasteiger partial charge >= 0.3 is 12.0 Å². The van der Waals surface area contributed by atoms with Crippen LogP contribution < -0.4 is 5.32 Å². The van der Waals surface area contributed by atoms with E-state index in [0.717, 1.165) is 13.0 Å². The number of carboxylic acids is 1. The van der Waals surface area contributed by atoms with E-state index in [-0.39, 0.29) is 25.3 Å². The van der Waals surface area contributed by atoms with E-state index in [0.29, 0.717) is 12.5 Å². The van der Waals surface area contributed by atoms with E-state index >= 15 is 0 Å². The molecule has 2 aliphatic heterocycles. The van der Waals surface area contributed by atoms with Gasteiger partial charge in [0, 0.05) is 26.1 Å². The van der Waals surface area contributed by atoms with E-state index in [1.165, 1.54) is 4.90 Å². The Balaban J connectivity index is 1.83. The topological polar surface area (TPSA) is 88.1 Å². The molecule has 0 radical (unpaired) electrons. The second-order valence-electron chi connectivity index (χ2n) is 5.47. The van der Waals surface area contributed by atoms with Crippen molar-refractivity contribution in [3.05, 3.63) is 0 Å². The Morgan fingerprint density at radius 1 is 1.40 bits per heavy atom. The fourth-order valence-corrected chi connectivity index (χ4v) is 2.70. The van der Waals surface area contributed by atoms with Gasteiger partial charge in [-0.1, -0.05) is 0 Å². The fourth-order valence-electron chi connectivity index (χ4n) is 2.70. The first-order valence-electron chi connectivity index (χ1n) is 6.93. The van der Waals surface area contributed by atoms with Gasteiger partial charge in [-0.15, -0.1) is 0 Å². The number of carboxylic acid groups (broad SMARTS) is 1. The van der Waals surface area contributed by atoms with Crippen molar-refractivity contribution in [2.24, 2.45) is 11.8 Å². The number of nitrogens with one attached hydrogen (secondary N) is 1. The predicted molar refractivity (Wildman–Crippen MR) is 70.4 cm³/mol. The highest BCUT2D eigenvalue weighted by Gasteiger charge is 2.38. The number of urea groups is 1. The average Bonchev–Trinajstić information content (AvgIpc) is 3.03. The molecule has 2 fully saturated rings. The van der Waals surface area contributed by atoms with E-state index in [1.807, 2.05) is 6.92 Å². The van der Waals surface area contributed by atoms with Crippen LogP contribution in [0, 0.1) is 11.8 Å². The molecule has 0 aliphatic carbocycles. The summed E-state index contributed by atoms with van der Waals surface area (Å²) in [5, 5.41) is 11.9. The van der Waals surface area contributed by atoms with E-state index in [2.05, 4.69) is 5.32 Å². The third kappa shape index (κ3) is 3.21. The molecule has 7 heteroatoms. The highest BCUT2D eigenvalue weighted by Crippen LogP contribution is 2.21. The van der Waals surface area contributed by atoms with Crippen LogP contribution in [0.15, 0.2) is 0 Å². The van der Waals surface area contributed by atoms with Crippen LogP contribution in [0.5, 0.6) is 0 Å². The molecule has 2 aliphatic rings. The Labute approximate surface area is 118 Å². The van der Waals surface area contributed by atoms with Crippen molar-refractivity contribution in [1.82, 2.24) is 10.2 Å². The van der Waals surface area contributed by atoms with Crippen LogP contribution in [0.1, 0.15) is 13.3 Å². The molecule has 0 aromatic carbocycles. The van der Waals surface area contributed by atoms with Crippen LogP contribution in [0.3, 0.4) is 0 Å². The second kappa shape index (κ2) is 6.41. The lowest BCUT2D eigenvalue weighted by Crippen LogP contribution is -2.49. The van der Waals surface area contributed by atoms with Crippen molar-refractivity contribution >= 4 is 12.0 Å². The lowest BCUT2D eigenvalue weighted by atomic mass is 10.0. The molecule has 2 N–H and O–H groups in total. The third-order valence-corrected chi connectivity index (χ3v) is 4.23. The molecule has 4 unspecified atom stereocenters. The summed E-state index contributed by atoms with van der Waals surface area (Å²) in [4.78, 5) is 24.6. The van der Waals surface area contributed by atoms with Crippen molar-refractivity contribution in [3.8, 4) is 0 Å². The molecule has 20 heavy (non-hydrogen) atoms. The fraction of sp³-hybridized carbons (Fsp3) is 0.846. The highest BCUT2D eigenvalue weighted by molar-refractivity contribution is 5.77. The summed E-state index contributed by atoms with van der Waals surface area (Å²) < 4.78 is 10.6. The summed E-state index contributed by atoms with van der Waals surface area (Å²) in [6.07, 6.45) is 1.09. The lowest BCUT2D eigenvalue weighted by molar-refractivity contribution is -0.142. The van der Waals surface area contributed by atoms with E-state index in [4.69, 9.17) is 14.6 Å². The van der Waals surface area contributed by atoms with Gasteiger partial charge in [0.2, 0.25) is 0 Å². The molecule has 4 atom stereocenters. The van der Waals surface area contributed by atoms with Crippen LogP contribution in [0.4, 0.5) is 4.79 Å². The van der Waals surface area contributed by atoms with Gasteiger partial charge in [-0.3, -0.25) is 4.79 Å². The van der Waals surface area contributed by atoms with Crippen molar-refractivity contribution in [1.29, 1.82) is 0 Å². The molecule has 2 amide bonds. The van der Waals surface area contributed by atoms with Crippen LogP contribution in [-0.2, 0) is 14.3 Å². The molecule has 2 heterocycles. The first-order valence-corrected chi connectivity index (χ1v) is 6.93. The molecule has 7 nitrogen and oxygen atoms in total. The van der Waals surface area contributed by atoms with Gasteiger partial charge < -0.3 is 24.8 Å². The molecule has 114 valence electrons. The summed E-state index contributed by atoms with van der Waals surface area (Å²) in [5.74, 6) is -1.26. The molecular formula is C13H22N2O5. The maximum atomic E-state index is 12.1. The van der Waals surface area contributed by atoms with Gasteiger partial charge in [0.25, 0.3) is 0 Å². The molecular weight excluding hydrogens is 264 g/mol. The van der Waals surface area contributed by atoms with Gasteiger partial charge in [-0.05, 0) is 13.3 Å². The summed E-state index contributed by atoms with van der Waals surface area (Å²) in [6, 6.07) is -0.671. The zero-order valence-corrected chi connectivity index (χ0v) is 11.9. The summed E-state index contributed by atoms with van der Waals surface area (Å²) in [5.41, 5.74) is 0. The number of hydrogen-bond donors (Lipinski definition) is 2. The number of hydrogen-bond acceptors (Lipinski definition) is 4. The van der Waals surface area contributed by atoms with Crippen molar-refractivity contribution in [2.75, 3.05) is 33.4 Å². The molecule has 2 saturated heterocycles. The van der Waals surface area contributed by atoms with Crippen molar-refractivity contribution in [3.63, 3.8) is 0 Å². The smallest absolute Gasteiger partial charge is 0.317 e. The van der Waals surface area contributed by atoms with Crippen LogP contribution in [-0.4, -0.2) is 67.6 Å². The quantitative estimate of drug-likeness (QED) is 0.768. The SMILES string of the molecule is CC1OCCC1CNC(=O)N(C)C1COCC1C(=O)O. The van der Waals surface area contributed by atoms with Crippen molar-refractivity contribution < 1.29 is 24.2 Å². The normalized spacial score (nSPS) is 33.1. The number of rotatable bonds is 4. The predicted octanol–water partition coefficient (Wildman–Crippen LogP) is 0.152. The van der Waals surface area contributed by atoms with Crippen LogP contribution >= 0.6 is 0 Å². The van der Waals surface area contributed by atoms with E-state index in [9.17, 15) is 9.59 Å². The Morgan fingerprint density at radius 3 is 2.75 bits per heavy atom. The number of aliphatic carboxylic acids is 1. The average molecular weight is 286 g/mol. The zero-order valence-electron chi connectivity index (χ0n) is 11.9. The number of carbonyl (C=O) groups is 2. The Morgan fingerprint density at radius 2 is 2.15 bits per heavy atom. The minimum atomic E-state index is -0.926. The number of amides is 2. The highest BCUT2D eigenvalue weighted by atomic mass is 16.5. The molecule has 0 bridgehead atoms. The maximum Gasteiger partial charge on any atom is 0.317 e. The van der Waals surface area contributed by atoms with E-state index < -0.39 is 17.9 Å². The minimum Gasteiger partial charge on any atom is -0.481 e. The molecule has 0 saturated carbocycles. The Hall–Kier alpha value is -1.34. The molecule has 0 aromatic heterocycles. The van der Waals surface area contributed by atoms with Crippen molar-refractivity contribution in [2.45, 2.75) is 25.5 Å². The Kier molecular flexibility index (Phi) is 4.82. The monoisotopic (exact) mass is 286 g/mol. The number of nitrogens with zero attached hydrogens (tertiary/aromatic N) is 1. The number of likely N-dealkylation sites (N-methyl/N-ethyl adjacent to an activating group) is 1. The molecule has 2 rings (SSSR count). The maximum absolute atomic E-state index is 12.1. The van der Waals surface area contributed by atoms with Gasteiger partial charge in [-0.25, -0.2) is 4.79 Å².